The number of rotatable bonds is 0. The van der Waals surface area contributed by atoms with Crippen LogP contribution in [0.3, 0.4) is 0 Å². The summed E-state index contributed by atoms with van der Waals surface area (Å²) in [6.07, 6.45) is 6.11. The van der Waals surface area contributed by atoms with E-state index in [1.54, 1.807) is 6.07 Å². The molecule has 1 aromatic heterocycles. The van der Waals surface area contributed by atoms with Crippen LogP contribution < -0.4 is 0 Å². The van der Waals surface area contributed by atoms with Gasteiger partial charge in [-0.05, 0) is 12.0 Å². The Labute approximate surface area is 59.2 Å². The lowest BCUT2D eigenvalue weighted by Crippen LogP contribution is -1.93. The van der Waals surface area contributed by atoms with Gasteiger partial charge in [0.15, 0.2) is 5.88 Å². The molecule has 0 fully saturated rings. The lowest BCUT2D eigenvalue weighted by molar-refractivity contribution is 0.456. The lowest BCUT2D eigenvalue weighted by atomic mass is 10.1. The fourth-order valence-corrected chi connectivity index (χ4v) is 1.30. The van der Waals surface area contributed by atoms with Gasteiger partial charge in [-0.25, -0.2) is 0 Å². The van der Waals surface area contributed by atoms with Crippen molar-refractivity contribution in [1.82, 2.24) is 4.98 Å². The second-order valence-corrected chi connectivity index (χ2v) is 2.54. The summed E-state index contributed by atoms with van der Waals surface area (Å²) >= 11 is 0. The molecule has 1 aromatic rings. The molecule has 1 heterocycles. The Morgan fingerprint density at radius 2 is 2.10 bits per heavy atom. The molecule has 10 heavy (non-hydrogen) atoms. The van der Waals surface area contributed by atoms with Gasteiger partial charge in [0.05, 0.1) is 0 Å². The van der Waals surface area contributed by atoms with E-state index in [9.17, 15) is 0 Å². The highest BCUT2D eigenvalue weighted by Crippen LogP contribution is 2.20. The molecular weight excluding hydrogens is 126 g/mol. The van der Waals surface area contributed by atoms with E-state index in [0.717, 1.165) is 18.5 Å². The number of hydrogen-bond acceptors (Lipinski definition) is 1. The molecule has 0 saturated heterocycles. The number of allylic oxidation sites excluding steroid dienone is 2. The molecule has 1 aliphatic carbocycles. The van der Waals surface area contributed by atoms with Gasteiger partial charge in [-0.2, -0.15) is 0 Å². The Kier molecular flexibility index (Phi) is 1.07. The zero-order chi connectivity index (χ0) is 6.97. The van der Waals surface area contributed by atoms with E-state index in [0.29, 0.717) is 0 Å². The summed E-state index contributed by atoms with van der Waals surface area (Å²) in [7, 11) is 0. The van der Waals surface area contributed by atoms with Crippen LogP contribution in [0.25, 0.3) is 0 Å². The molecular formula is C8H9NO. The largest absolute Gasteiger partial charge is 0.495 e. The zero-order valence-corrected chi connectivity index (χ0v) is 5.59. The number of fused-ring (bicyclic) bond motifs is 1. The second-order valence-electron chi connectivity index (χ2n) is 2.54. The van der Waals surface area contributed by atoms with Crippen molar-refractivity contribution in [3.8, 4) is 5.88 Å². The summed E-state index contributed by atoms with van der Waals surface area (Å²) in [5.41, 5.74) is 2.38. The Hall–Kier alpha value is -1.18. The van der Waals surface area contributed by atoms with Crippen LogP contribution >= 0.6 is 0 Å². The first-order valence-corrected chi connectivity index (χ1v) is 3.41. The average molecular weight is 135 g/mol. The molecule has 0 aliphatic heterocycles. The Bertz CT molecular complexity index is 247. The minimum Gasteiger partial charge on any atom is -0.495 e. The van der Waals surface area contributed by atoms with E-state index >= 15 is 0 Å². The Balaban J connectivity index is 2.46. The fraction of sp³-hybridized carbons (Fsp3) is 0.250. The summed E-state index contributed by atoms with van der Waals surface area (Å²) in [5.74, 6) is 0.286. The van der Waals surface area contributed by atoms with Crippen LogP contribution in [0.1, 0.15) is 11.3 Å². The molecule has 0 aromatic carbocycles. The van der Waals surface area contributed by atoms with Gasteiger partial charge in [0.2, 0.25) is 0 Å². The summed E-state index contributed by atoms with van der Waals surface area (Å²) in [4.78, 5) is 2.90. The summed E-state index contributed by atoms with van der Waals surface area (Å²) < 4.78 is 0. The number of nitrogens with one attached hydrogen (secondary N) is 1. The van der Waals surface area contributed by atoms with Crippen molar-refractivity contribution in [2.75, 3.05) is 0 Å². The molecule has 0 unspecified atom stereocenters. The molecule has 2 nitrogen and oxygen atoms in total. The van der Waals surface area contributed by atoms with Crippen LogP contribution in [0.5, 0.6) is 5.88 Å². The van der Waals surface area contributed by atoms with E-state index in [4.69, 9.17) is 5.11 Å². The summed E-state index contributed by atoms with van der Waals surface area (Å²) in [6.45, 7) is 0. The number of hydrogen-bond donors (Lipinski definition) is 2. The fourth-order valence-electron chi connectivity index (χ4n) is 1.30. The van der Waals surface area contributed by atoms with Gasteiger partial charge in [0, 0.05) is 18.2 Å². The van der Waals surface area contributed by atoms with E-state index in [1.807, 2.05) is 0 Å². The molecule has 2 rings (SSSR count). The molecule has 0 spiro atoms. The molecule has 0 bridgehead atoms. The van der Waals surface area contributed by atoms with Crippen LogP contribution in [-0.2, 0) is 12.8 Å². The van der Waals surface area contributed by atoms with Crippen molar-refractivity contribution in [2.24, 2.45) is 0 Å². The minimum atomic E-state index is 0.286. The van der Waals surface area contributed by atoms with Gasteiger partial charge in [-0.1, -0.05) is 12.2 Å². The van der Waals surface area contributed by atoms with E-state index < -0.39 is 0 Å². The molecule has 2 heteroatoms. The first-order valence-electron chi connectivity index (χ1n) is 3.41. The highest BCUT2D eigenvalue weighted by atomic mass is 16.3. The Morgan fingerprint density at radius 1 is 1.30 bits per heavy atom. The predicted octanol–water partition coefficient (Wildman–Crippen LogP) is 1.38. The molecule has 1 aliphatic rings. The third kappa shape index (κ3) is 0.727. The maximum absolute atomic E-state index is 9.04. The minimum absolute atomic E-state index is 0.286. The highest BCUT2D eigenvalue weighted by Gasteiger charge is 2.07. The molecule has 0 amide bonds. The van der Waals surface area contributed by atoms with Crippen LogP contribution in [-0.4, -0.2) is 10.1 Å². The van der Waals surface area contributed by atoms with Gasteiger partial charge in [0.1, 0.15) is 0 Å². The smallest absolute Gasteiger partial charge is 0.188 e. The number of aromatic nitrogens is 1. The Morgan fingerprint density at radius 3 is 2.90 bits per heavy atom. The van der Waals surface area contributed by atoms with Gasteiger partial charge in [-0.3, -0.25) is 0 Å². The van der Waals surface area contributed by atoms with Crippen LogP contribution in [0, 0.1) is 0 Å². The van der Waals surface area contributed by atoms with Crippen molar-refractivity contribution in [1.29, 1.82) is 0 Å². The maximum atomic E-state index is 9.04. The topological polar surface area (TPSA) is 36.0 Å². The second kappa shape index (κ2) is 1.90. The van der Waals surface area contributed by atoms with E-state index in [1.165, 1.54) is 5.56 Å². The van der Waals surface area contributed by atoms with E-state index in [-0.39, 0.29) is 5.88 Å². The summed E-state index contributed by atoms with van der Waals surface area (Å²) in [6, 6.07) is 1.79. The number of aromatic hydroxyl groups is 1. The van der Waals surface area contributed by atoms with Crippen LogP contribution in [0.15, 0.2) is 18.2 Å². The van der Waals surface area contributed by atoms with Crippen LogP contribution in [0.2, 0.25) is 0 Å². The zero-order valence-electron chi connectivity index (χ0n) is 5.59. The van der Waals surface area contributed by atoms with Crippen LogP contribution in [0.4, 0.5) is 0 Å². The molecule has 0 radical (unpaired) electrons. The van der Waals surface area contributed by atoms with E-state index in [2.05, 4.69) is 17.1 Å². The first-order chi connectivity index (χ1) is 4.86. The molecule has 0 atom stereocenters. The normalized spacial score (nSPS) is 15.2. The third-order valence-corrected chi connectivity index (χ3v) is 1.80. The third-order valence-electron chi connectivity index (χ3n) is 1.80. The van der Waals surface area contributed by atoms with Crippen molar-refractivity contribution in [3.63, 3.8) is 0 Å². The number of aromatic amines is 1. The first kappa shape index (κ1) is 5.59. The number of H-pyrrole nitrogens is 1. The molecule has 0 saturated carbocycles. The predicted molar refractivity (Wildman–Crippen MR) is 39.0 cm³/mol. The maximum Gasteiger partial charge on any atom is 0.188 e. The van der Waals surface area contributed by atoms with Gasteiger partial charge < -0.3 is 10.1 Å². The SMILES string of the molecule is Oc1cc2c([nH]1)CC=CC2. The standard InChI is InChI=1S/C8H9NO/c10-8-5-6-3-1-2-4-7(6)9-8/h1-2,5,9-10H,3-4H2. The van der Waals surface area contributed by atoms with Crippen molar-refractivity contribution >= 4 is 0 Å². The molecule has 2 N–H and O–H groups in total. The average Bonchev–Trinajstić information content (AvgIpc) is 2.27. The van der Waals surface area contributed by atoms with Crippen molar-refractivity contribution < 1.29 is 5.11 Å². The lowest BCUT2D eigenvalue weighted by Gasteiger charge is -2.01. The summed E-state index contributed by atoms with van der Waals surface area (Å²) in [5, 5.41) is 9.04. The van der Waals surface area contributed by atoms with Gasteiger partial charge in [0.25, 0.3) is 0 Å². The quantitative estimate of drug-likeness (QED) is 0.518. The highest BCUT2D eigenvalue weighted by molar-refractivity contribution is 5.34. The van der Waals surface area contributed by atoms with Gasteiger partial charge >= 0.3 is 0 Å². The van der Waals surface area contributed by atoms with Crippen molar-refractivity contribution in [2.45, 2.75) is 12.8 Å². The monoisotopic (exact) mass is 135 g/mol. The van der Waals surface area contributed by atoms with Gasteiger partial charge in [-0.15, -0.1) is 0 Å². The van der Waals surface area contributed by atoms with Crippen molar-refractivity contribution in [3.05, 3.63) is 29.5 Å². The molecule has 52 valence electrons.